The van der Waals surface area contributed by atoms with Crippen molar-refractivity contribution in [3.63, 3.8) is 0 Å². The van der Waals surface area contributed by atoms with E-state index in [0.717, 1.165) is 17.7 Å². The van der Waals surface area contributed by atoms with Crippen LogP contribution in [-0.2, 0) is 0 Å². The molecule has 2 unspecified atom stereocenters. The minimum absolute atomic E-state index is 0.806. The molecule has 1 aliphatic heterocycles. The van der Waals surface area contributed by atoms with Crippen molar-refractivity contribution in [3.05, 3.63) is 0 Å². The fraction of sp³-hybridized carbons (Fsp3) is 1.00. The summed E-state index contributed by atoms with van der Waals surface area (Å²) in [6.45, 7) is 7.25. The standard InChI is InChI=1S/C14H29NS/c1-3-8-13(12-16)11-15-10-7-5-6-9-14(15)4-2/h13-14,16H,3-12H2,1-2H3. The van der Waals surface area contributed by atoms with Crippen LogP contribution in [0.5, 0.6) is 0 Å². The molecule has 0 spiro atoms. The summed E-state index contributed by atoms with van der Waals surface area (Å²) in [6, 6.07) is 0.849. The van der Waals surface area contributed by atoms with Crippen LogP contribution in [0.1, 0.15) is 58.8 Å². The first-order valence-electron chi connectivity index (χ1n) is 7.16. The Balaban J connectivity index is 2.46. The molecule has 1 nitrogen and oxygen atoms in total. The van der Waals surface area contributed by atoms with Gasteiger partial charge in [-0.1, -0.05) is 33.1 Å². The normalized spacial score (nSPS) is 25.3. The molecule has 0 radical (unpaired) electrons. The minimum atomic E-state index is 0.806. The van der Waals surface area contributed by atoms with E-state index in [9.17, 15) is 0 Å². The summed E-state index contributed by atoms with van der Waals surface area (Å²) in [7, 11) is 0. The predicted octanol–water partition coefficient (Wildman–Crippen LogP) is 3.99. The van der Waals surface area contributed by atoms with E-state index in [4.69, 9.17) is 0 Å². The molecule has 1 aliphatic rings. The third-order valence-corrected chi connectivity index (χ3v) is 4.43. The molecule has 2 atom stereocenters. The van der Waals surface area contributed by atoms with E-state index >= 15 is 0 Å². The van der Waals surface area contributed by atoms with E-state index in [1.165, 1.54) is 58.0 Å². The van der Waals surface area contributed by atoms with Crippen molar-refractivity contribution in [2.75, 3.05) is 18.8 Å². The molecule has 0 amide bonds. The average Bonchev–Trinajstić information content (AvgIpc) is 2.53. The lowest BCUT2D eigenvalue weighted by Gasteiger charge is -2.32. The summed E-state index contributed by atoms with van der Waals surface area (Å²) >= 11 is 4.51. The Bertz CT molecular complexity index is 172. The number of hydrogen-bond donors (Lipinski definition) is 1. The van der Waals surface area contributed by atoms with Crippen LogP contribution in [-0.4, -0.2) is 29.8 Å². The second-order valence-electron chi connectivity index (χ2n) is 5.24. The molecule has 0 N–H and O–H groups in total. The van der Waals surface area contributed by atoms with E-state index in [1.807, 2.05) is 0 Å². The maximum Gasteiger partial charge on any atom is 0.00927 e. The molecule has 0 aromatic heterocycles. The monoisotopic (exact) mass is 243 g/mol. The Labute approximate surface area is 107 Å². The van der Waals surface area contributed by atoms with Crippen LogP contribution in [0.15, 0.2) is 0 Å². The zero-order chi connectivity index (χ0) is 11.8. The van der Waals surface area contributed by atoms with Crippen molar-refractivity contribution in [3.8, 4) is 0 Å². The van der Waals surface area contributed by atoms with Crippen LogP contribution >= 0.6 is 12.6 Å². The Morgan fingerprint density at radius 1 is 1.25 bits per heavy atom. The Morgan fingerprint density at radius 2 is 2.06 bits per heavy atom. The summed E-state index contributed by atoms with van der Waals surface area (Å²) in [4.78, 5) is 2.75. The quantitative estimate of drug-likeness (QED) is 0.690. The maximum absolute atomic E-state index is 4.51. The summed E-state index contributed by atoms with van der Waals surface area (Å²) in [6.07, 6.45) is 9.67. The molecule has 0 aliphatic carbocycles. The van der Waals surface area contributed by atoms with E-state index in [-0.39, 0.29) is 0 Å². The van der Waals surface area contributed by atoms with Gasteiger partial charge >= 0.3 is 0 Å². The number of thiol groups is 1. The molecule has 2 heteroatoms. The minimum Gasteiger partial charge on any atom is -0.300 e. The van der Waals surface area contributed by atoms with Crippen molar-refractivity contribution in [1.82, 2.24) is 4.90 Å². The molecule has 16 heavy (non-hydrogen) atoms. The molecule has 0 bridgehead atoms. The Morgan fingerprint density at radius 3 is 2.69 bits per heavy atom. The third-order valence-electron chi connectivity index (χ3n) is 3.92. The molecule has 1 rings (SSSR count). The van der Waals surface area contributed by atoms with Gasteiger partial charge in [-0.15, -0.1) is 0 Å². The van der Waals surface area contributed by atoms with Gasteiger partial charge in [-0.05, 0) is 43.9 Å². The summed E-state index contributed by atoms with van der Waals surface area (Å²) in [5, 5.41) is 0. The fourth-order valence-corrected chi connectivity index (χ4v) is 3.22. The van der Waals surface area contributed by atoms with Crippen LogP contribution in [0.2, 0.25) is 0 Å². The third kappa shape index (κ3) is 4.67. The van der Waals surface area contributed by atoms with Gasteiger partial charge < -0.3 is 4.90 Å². The maximum atomic E-state index is 4.51. The molecular formula is C14H29NS. The molecule has 1 heterocycles. The fourth-order valence-electron chi connectivity index (χ4n) is 2.92. The van der Waals surface area contributed by atoms with E-state index < -0.39 is 0 Å². The zero-order valence-electron chi connectivity index (χ0n) is 11.1. The number of nitrogens with zero attached hydrogens (tertiary/aromatic N) is 1. The first-order valence-corrected chi connectivity index (χ1v) is 7.79. The van der Waals surface area contributed by atoms with Gasteiger partial charge in [0.1, 0.15) is 0 Å². The van der Waals surface area contributed by atoms with Gasteiger partial charge in [-0.25, -0.2) is 0 Å². The number of rotatable bonds is 6. The molecule has 96 valence electrons. The van der Waals surface area contributed by atoms with Crippen LogP contribution in [0.3, 0.4) is 0 Å². The lowest BCUT2D eigenvalue weighted by Crippen LogP contribution is -2.38. The summed E-state index contributed by atoms with van der Waals surface area (Å²) in [5.74, 6) is 1.86. The van der Waals surface area contributed by atoms with Crippen molar-refractivity contribution < 1.29 is 0 Å². The van der Waals surface area contributed by atoms with Crippen LogP contribution < -0.4 is 0 Å². The van der Waals surface area contributed by atoms with Crippen LogP contribution in [0.4, 0.5) is 0 Å². The van der Waals surface area contributed by atoms with E-state index in [0.29, 0.717) is 0 Å². The van der Waals surface area contributed by atoms with Gasteiger partial charge in [0.2, 0.25) is 0 Å². The van der Waals surface area contributed by atoms with E-state index in [2.05, 4.69) is 31.4 Å². The molecule has 0 aromatic carbocycles. The molecule has 1 saturated heterocycles. The Hall–Kier alpha value is 0.310. The second-order valence-corrected chi connectivity index (χ2v) is 5.61. The highest BCUT2D eigenvalue weighted by molar-refractivity contribution is 7.80. The molecule has 0 aromatic rings. The highest BCUT2D eigenvalue weighted by Gasteiger charge is 2.21. The van der Waals surface area contributed by atoms with Crippen molar-refractivity contribution >= 4 is 12.6 Å². The van der Waals surface area contributed by atoms with Gasteiger partial charge in [0.05, 0.1) is 0 Å². The van der Waals surface area contributed by atoms with Crippen molar-refractivity contribution in [2.24, 2.45) is 5.92 Å². The lowest BCUT2D eigenvalue weighted by atomic mass is 10.0. The van der Waals surface area contributed by atoms with Gasteiger partial charge in [0.15, 0.2) is 0 Å². The van der Waals surface area contributed by atoms with E-state index in [1.54, 1.807) is 0 Å². The molecule has 0 saturated carbocycles. The highest BCUT2D eigenvalue weighted by Crippen LogP contribution is 2.21. The summed E-state index contributed by atoms with van der Waals surface area (Å²) < 4.78 is 0. The number of likely N-dealkylation sites (tertiary alicyclic amines) is 1. The van der Waals surface area contributed by atoms with Crippen molar-refractivity contribution in [1.29, 1.82) is 0 Å². The predicted molar refractivity (Wildman–Crippen MR) is 76.4 cm³/mol. The van der Waals surface area contributed by atoms with Crippen LogP contribution in [0.25, 0.3) is 0 Å². The second kappa shape index (κ2) is 8.41. The SMILES string of the molecule is CCCC(CS)CN1CCCCCC1CC. The topological polar surface area (TPSA) is 3.24 Å². The molecular weight excluding hydrogens is 214 g/mol. The number of hydrogen-bond acceptors (Lipinski definition) is 2. The first kappa shape index (κ1) is 14.4. The smallest absolute Gasteiger partial charge is 0.00927 e. The zero-order valence-corrected chi connectivity index (χ0v) is 12.0. The molecule has 1 fully saturated rings. The highest BCUT2D eigenvalue weighted by atomic mass is 32.1. The van der Waals surface area contributed by atoms with Gasteiger partial charge in [-0.2, -0.15) is 12.6 Å². The largest absolute Gasteiger partial charge is 0.300 e. The average molecular weight is 243 g/mol. The first-order chi connectivity index (χ1) is 7.81. The van der Waals surface area contributed by atoms with Gasteiger partial charge in [-0.3, -0.25) is 0 Å². The van der Waals surface area contributed by atoms with Gasteiger partial charge in [0.25, 0.3) is 0 Å². The lowest BCUT2D eigenvalue weighted by molar-refractivity contribution is 0.167. The Kier molecular flexibility index (Phi) is 7.55. The van der Waals surface area contributed by atoms with Crippen LogP contribution in [0, 0.1) is 5.92 Å². The van der Waals surface area contributed by atoms with Crippen molar-refractivity contribution in [2.45, 2.75) is 64.8 Å². The van der Waals surface area contributed by atoms with Gasteiger partial charge in [0, 0.05) is 12.6 Å². The summed E-state index contributed by atoms with van der Waals surface area (Å²) in [5.41, 5.74) is 0.